The van der Waals surface area contributed by atoms with E-state index in [-0.39, 0.29) is 0 Å². The molecule has 108 valence electrons. The van der Waals surface area contributed by atoms with Gasteiger partial charge in [-0.2, -0.15) is 0 Å². The number of thiazole rings is 1. The van der Waals surface area contributed by atoms with E-state index in [2.05, 4.69) is 56.6 Å². The Hall–Kier alpha value is -0.840. The second-order valence-electron chi connectivity index (χ2n) is 5.01. The van der Waals surface area contributed by atoms with E-state index in [9.17, 15) is 0 Å². The molecule has 1 aromatic carbocycles. The summed E-state index contributed by atoms with van der Waals surface area (Å²) < 4.78 is 0. The molecule has 0 spiro atoms. The number of hydrogen-bond donors (Lipinski definition) is 1. The molecule has 0 aliphatic heterocycles. The van der Waals surface area contributed by atoms with Gasteiger partial charge in [-0.25, -0.2) is 4.98 Å². The second kappa shape index (κ2) is 7.25. The first-order chi connectivity index (χ1) is 9.63. The third-order valence-electron chi connectivity index (χ3n) is 3.12. The van der Waals surface area contributed by atoms with Crippen LogP contribution in [-0.4, -0.2) is 17.3 Å². The first kappa shape index (κ1) is 15.5. The molecule has 1 N–H and O–H groups in total. The van der Waals surface area contributed by atoms with Crippen LogP contribution in [-0.2, 0) is 13.0 Å². The Morgan fingerprint density at radius 3 is 2.50 bits per heavy atom. The van der Waals surface area contributed by atoms with Gasteiger partial charge < -0.3 is 5.32 Å². The van der Waals surface area contributed by atoms with Crippen molar-refractivity contribution >= 4 is 23.1 Å². The minimum Gasteiger partial charge on any atom is -0.310 e. The van der Waals surface area contributed by atoms with Crippen LogP contribution in [0.4, 0.5) is 0 Å². The van der Waals surface area contributed by atoms with Gasteiger partial charge in [-0.05, 0) is 24.8 Å². The summed E-state index contributed by atoms with van der Waals surface area (Å²) in [6.45, 7) is 7.44. The lowest BCUT2D eigenvalue weighted by molar-refractivity contribution is 0.590. The highest BCUT2D eigenvalue weighted by molar-refractivity contribution is 7.98. The van der Waals surface area contributed by atoms with Crippen molar-refractivity contribution in [2.45, 2.75) is 44.7 Å². The number of thioether (sulfide) groups is 1. The molecule has 0 aliphatic rings. The molecule has 2 aromatic rings. The van der Waals surface area contributed by atoms with Crippen molar-refractivity contribution in [3.8, 4) is 10.6 Å². The molecular weight excluding hydrogens is 284 g/mol. The van der Waals surface area contributed by atoms with E-state index in [1.54, 1.807) is 11.8 Å². The van der Waals surface area contributed by atoms with Crippen molar-refractivity contribution in [2.24, 2.45) is 0 Å². The summed E-state index contributed by atoms with van der Waals surface area (Å²) in [5.41, 5.74) is 2.45. The fraction of sp³-hybridized carbons (Fsp3) is 0.438. The van der Waals surface area contributed by atoms with Crippen LogP contribution in [0.1, 0.15) is 31.3 Å². The maximum absolute atomic E-state index is 4.80. The topological polar surface area (TPSA) is 24.9 Å². The van der Waals surface area contributed by atoms with Gasteiger partial charge in [0.2, 0.25) is 0 Å². The Kier molecular flexibility index (Phi) is 5.64. The molecule has 0 bridgehead atoms. The zero-order chi connectivity index (χ0) is 14.5. The molecule has 20 heavy (non-hydrogen) atoms. The Morgan fingerprint density at radius 1 is 1.25 bits per heavy atom. The molecule has 2 nitrogen and oxygen atoms in total. The number of aryl methyl sites for hydroxylation is 1. The summed E-state index contributed by atoms with van der Waals surface area (Å²) >= 11 is 3.58. The van der Waals surface area contributed by atoms with Gasteiger partial charge in [-0.1, -0.05) is 32.9 Å². The molecule has 0 radical (unpaired) electrons. The van der Waals surface area contributed by atoms with E-state index in [1.807, 2.05) is 11.3 Å². The maximum Gasteiger partial charge on any atom is 0.123 e. The number of aromatic nitrogens is 1. The predicted molar refractivity (Wildman–Crippen MR) is 90.7 cm³/mol. The summed E-state index contributed by atoms with van der Waals surface area (Å²) in [6, 6.07) is 9.18. The summed E-state index contributed by atoms with van der Waals surface area (Å²) in [5, 5.41) is 4.62. The number of hydrogen-bond acceptors (Lipinski definition) is 4. The van der Waals surface area contributed by atoms with Crippen LogP contribution in [0.15, 0.2) is 29.2 Å². The Labute approximate surface area is 130 Å². The van der Waals surface area contributed by atoms with E-state index in [4.69, 9.17) is 4.98 Å². The second-order valence-corrected chi connectivity index (χ2v) is 6.97. The zero-order valence-electron chi connectivity index (χ0n) is 12.6. The van der Waals surface area contributed by atoms with Gasteiger partial charge in [0, 0.05) is 27.9 Å². The fourth-order valence-electron chi connectivity index (χ4n) is 1.95. The molecule has 0 aliphatic carbocycles. The monoisotopic (exact) mass is 306 g/mol. The van der Waals surface area contributed by atoms with E-state index in [0.717, 1.165) is 18.0 Å². The van der Waals surface area contributed by atoms with Crippen LogP contribution in [0.3, 0.4) is 0 Å². The molecule has 0 amide bonds. The number of rotatable bonds is 6. The molecule has 0 fully saturated rings. The summed E-state index contributed by atoms with van der Waals surface area (Å²) in [7, 11) is 0. The normalized spacial score (nSPS) is 11.2. The third-order valence-corrected chi connectivity index (χ3v) is 5.01. The highest BCUT2D eigenvalue weighted by Gasteiger charge is 2.11. The third kappa shape index (κ3) is 3.84. The Morgan fingerprint density at radius 2 is 1.95 bits per heavy atom. The summed E-state index contributed by atoms with van der Waals surface area (Å²) in [4.78, 5) is 7.46. The molecular formula is C16H22N2S2. The lowest BCUT2D eigenvalue weighted by atomic mass is 10.2. The van der Waals surface area contributed by atoms with Crippen LogP contribution in [0.25, 0.3) is 10.6 Å². The lowest BCUT2D eigenvalue weighted by Gasteiger charge is -2.06. The molecule has 2 rings (SSSR count). The molecule has 0 unspecified atom stereocenters. The smallest absolute Gasteiger partial charge is 0.123 e. The van der Waals surface area contributed by atoms with E-state index in [1.165, 1.54) is 21.0 Å². The van der Waals surface area contributed by atoms with Crippen molar-refractivity contribution in [1.82, 2.24) is 10.3 Å². The van der Waals surface area contributed by atoms with Crippen molar-refractivity contribution in [3.63, 3.8) is 0 Å². The molecule has 1 heterocycles. The summed E-state index contributed by atoms with van der Waals surface area (Å²) in [5.74, 6) is 0. The van der Waals surface area contributed by atoms with Crippen molar-refractivity contribution in [2.75, 3.05) is 6.26 Å². The molecule has 0 atom stereocenters. The van der Waals surface area contributed by atoms with E-state index in [0.29, 0.717) is 6.04 Å². The van der Waals surface area contributed by atoms with Gasteiger partial charge in [-0.3, -0.25) is 0 Å². The first-order valence-corrected chi connectivity index (χ1v) is 9.04. The minimum atomic E-state index is 0.506. The van der Waals surface area contributed by atoms with Gasteiger partial charge in [0.15, 0.2) is 0 Å². The van der Waals surface area contributed by atoms with Crippen LogP contribution >= 0.6 is 23.1 Å². The van der Waals surface area contributed by atoms with Gasteiger partial charge in [0.05, 0.1) is 5.69 Å². The van der Waals surface area contributed by atoms with E-state index < -0.39 is 0 Å². The lowest BCUT2D eigenvalue weighted by Crippen LogP contribution is -2.21. The maximum atomic E-state index is 4.80. The average molecular weight is 306 g/mol. The SMILES string of the molecule is CCc1nc(-c2ccc(SC)cc2)sc1CNC(C)C. The Balaban J connectivity index is 2.23. The molecule has 4 heteroatoms. The fourth-order valence-corrected chi connectivity index (χ4v) is 3.47. The highest BCUT2D eigenvalue weighted by atomic mass is 32.2. The minimum absolute atomic E-state index is 0.506. The Bertz CT molecular complexity index is 544. The van der Waals surface area contributed by atoms with Crippen LogP contribution in [0.2, 0.25) is 0 Å². The zero-order valence-corrected chi connectivity index (χ0v) is 14.2. The summed E-state index contributed by atoms with van der Waals surface area (Å²) in [6.07, 6.45) is 3.10. The van der Waals surface area contributed by atoms with Crippen molar-refractivity contribution < 1.29 is 0 Å². The quantitative estimate of drug-likeness (QED) is 0.790. The van der Waals surface area contributed by atoms with Gasteiger partial charge in [-0.15, -0.1) is 23.1 Å². The molecule has 0 saturated carbocycles. The van der Waals surface area contributed by atoms with E-state index >= 15 is 0 Å². The van der Waals surface area contributed by atoms with Crippen LogP contribution in [0, 0.1) is 0 Å². The number of benzene rings is 1. The average Bonchev–Trinajstić information content (AvgIpc) is 2.88. The highest BCUT2D eigenvalue weighted by Crippen LogP contribution is 2.29. The first-order valence-electron chi connectivity index (χ1n) is 7.00. The van der Waals surface area contributed by atoms with Gasteiger partial charge >= 0.3 is 0 Å². The standard InChI is InChI=1S/C16H22N2S2/c1-5-14-15(10-17-11(2)3)20-16(18-14)12-6-8-13(19-4)9-7-12/h6-9,11,17H,5,10H2,1-4H3. The van der Waals surface area contributed by atoms with Crippen LogP contribution < -0.4 is 5.32 Å². The van der Waals surface area contributed by atoms with Crippen LogP contribution in [0.5, 0.6) is 0 Å². The van der Waals surface area contributed by atoms with Gasteiger partial charge in [0.1, 0.15) is 5.01 Å². The number of nitrogens with zero attached hydrogens (tertiary/aromatic N) is 1. The molecule has 1 aromatic heterocycles. The van der Waals surface area contributed by atoms with Crippen molar-refractivity contribution in [1.29, 1.82) is 0 Å². The van der Waals surface area contributed by atoms with Crippen molar-refractivity contribution in [3.05, 3.63) is 34.8 Å². The number of nitrogens with one attached hydrogen (secondary N) is 1. The largest absolute Gasteiger partial charge is 0.310 e. The molecule has 0 saturated heterocycles. The van der Waals surface area contributed by atoms with Gasteiger partial charge in [0.25, 0.3) is 0 Å². The predicted octanol–water partition coefficient (Wildman–Crippen LogP) is 4.59.